The van der Waals surface area contributed by atoms with Crippen LogP contribution in [0, 0.1) is 5.92 Å². The Morgan fingerprint density at radius 3 is 2.79 bits per heavy atom. The number of nitrogens with two attached hydrogens (primary N) is 1. The lowest BCUT2D eigenvalue weighted by atomic mass is 9.85. The summed E-state index contributed by atoms with van der Waals surface area (Å²) in [5.74, 6) is 1.57. The maximum Gasteiger partial charge on any atom is 0.265 e. The number of carbonyl (C=O) groups is 1. The van der Waals surface area contributed by atoms with Crippen LogP contribution in [0.3, 0.4) is 0 Å². The van der Waals surface area contributed by atoms with Gasteiger partial charge in [-0.1, -0.05) is 19.9 Å². The number of nitrogens with one attached hydrogen (secondary N) is 1. The van der Waals surface area contributed by atoms with Crippen LogP contribution in [0.2, 0.25) is 0 Å². The number of hydrogen-bond donors (Lipinski definition) is 2. The van der Waals surface area contributed by atoms with Crippen molar-refractivity contribution < 1.29 is 9.53 Å². The lowest BCUT2D eigenvalue weighted by molar-refractivity contribution is -0.122. The molecule has 1 aliphatic heterocycles. The Balaban J connectivity index is 2.30. The molecule has 4 nitrogen and oxygen atoms in total. The Bertz CT molecular complexity index is 471. The normalized spacial score (nSPS) is 19.6. The fourth-order valence-electron chi connectivity index (χ4n) is 2.52. The standard InChI is InChI=1S/C15H22N2O2/c1-9(2)12(6-7-16)11-4-5-14-13(8-11)17-15(18)10(3)19-14/h4-5,8-10,12H,6-7,16H2,1-3H3,(H,17,18). The quantitative estimate of drug-likeness (QED) is 0.876. The van der Waals surface area contributed by atoms with Gasteiger partial charge in [0.25, 0.3) is 5.91 Å². The molecular formula is C15H22N2O2. The number of fused-ring (bicyclic) bond motifs is 1. The zero-order valence-corrected chi connectivity index (χ0v) is 11.8. The number of hydrogen-bond acceptors (Lipinski definition) is 3. The minimum absolute atomic E-state index is 0.0930. The summed E-state index contributed by atoms with van der Waals surface area (Å²) < 4.78 is 5.56. The molecule has 1 heterocycles. The van der Waals surface area contributed by atoms with Gasteiger partial charge in [0.15, 0.2) is 6.10 Å². The summed E-state index contributed by atoms with van der Waals surface area (Å²) in [5.41, 5.74) is 7.66. The summed E-state index contributed by atoms with van der Waals surface area (Å²) in [6.07, 6.45) is 0.519. The number of amides is 1. The number of rotatable bonds is 4. The van der Waals surface area contributed by atoms with Gasteiger partial charge < -0.3 is 15.8 Å². The lowest BCUT2D eigenvalue weighted by Gasteiger charge is -2.26. The summed E-state index contributed by atoms with van der Waals surface area (Å²) in [6.45, 7) is 6.80. The van der Waals surface area contributed by atoms with Gasteiger partial charge in [0.05, 0.1) is 5.69 Å². The van der Waals surface area contributed by atoms with E-state index in [2.05, 4.69) is 25.2 Å². The topological polar surface area (TPSA) is 64.3 Å². The third kappa shape index (κ3) is 2.89. The first-order chi connectivity index (χ1) is 9.02. The number of anilines is 1. The fraction of sp³-hybridized carbons (Fsp3) is 0.533. The fourth-order valence-corrected chi connectivity index (χ4v) is 2.52. The predicted molar refractivity (Wildman–Crippen MR) is 76.4 cm³/mol. The molecule has 0 spiro atoms. The number of benzene rings is 1. The lowest BCUT2D eigenvalue weighted by Crippen LogP contribution is -2.34. The molecule has 1 aromatic rings. The first kappa shape index (κ1) is 13.9. The van der Waals surface area contributed by atoms with Crippen molar-refractivity contribution in [3.63, 3.8) is 0 Å². The Labute approximate surface area is 114 Å². The molecule has 2 atom stereocenters. The van der Waals surface area contributed by atoms with Gasteiger partial charge in [0, 0.05) is 0 Å². The van der Waals surface area contributed by atoms with Crippen LogP contribution in [0.15, 0.2) is 18.2 Å². The first-order valence-corrected chi connectivity index (χ1v) is 6.84. The van der Waals surface area contributed by atoms with E-state index in [1.807, 2.05) is 12.1 Å². The van der Waals surface area contributed by atoms with E-state index in [9.17, 15) is 4.79 Å². The first-order valence-electron chi connectivity index (χ1n) is 6.84. The van der Waals surface area contributed by atoms with Crippen LogP contribution in [0.4, 0.5) is 5.69 Å². The van der Waals surface area contributed by atoms with Gasteiger partial charge in [-0.05, 0) is 49.4 Å². The number of carbonyl (C=O) groups excluding carboxylic acids is 1. The Morgan fingerprint density at radius 2 is 2.16 bits per heavy atom. The average Bonchev–Trinajstić information content (AvgIpc) is 2.36. The van der Waals surface area contributed by atoms with Crippen LogP contribution >= 0.6 is 0 Å². The van der Waals surface area contributed by atoms with Crippen LogP contribution in [0.5, 0.6) is 5.75 Å². The second-order valence-corrected chi connectivity index (χ2v) is 5.43. The minimum Gasteiger partial charge on any atom is -0.479 e. The minimum atomic E-state index is -0.428. The highest BCUT2D eigenvalue weighted by atomic mass is 16.5. The molecule has 0 saturated heterocycles. The Morgan fingerprint density at radius 1 is 1.42 bits per heavy atom. The van der Waals surface area contributed by atoms with Gasteiger partial charge in [-0.2, -0.15) is 0 Å². The van der Waals surface area contributed by atoms with Gasteiger partial charge >= 0.3 is 0 Å². The molecular weight excluding hydrogens is 240 g/mol. The molecule has 1 aromatic carbocycles. The molecule has 0 aromatic heterocycles. The highest BCUT2D eigenvalue weighted by Gasteiger charge is 2.25. The molecule has 0 fully saturated rings. The summed E-state index contributed by atoms with van der Waals surface area (Å²) in [5, 5.41) is 2.89. The van der Waals surface area contributed by atoms with Crippen molar-refractivity contribution in [3.05, 3.63) is 23.8 Å². The van der Waals surface area contributed by atoms with E-state index in [1.54, 1.807) is 6.92 Å². The third-order valence-corrected chi connectivity index (χ3v) is 3.65. The molecule has 1 amide bonds. The molecule has 1 aliphatic rings. The molecule has 19 heavy (non-hydrogen) atoms. The van der Waals surface area contributed by atoms with Crippen molar-refractivity contribution in [2.75, 3.05) is 11.9 Å². The summed E-state index contributed by atoms with van der Waals surface area (Å²) in [6, 6.07) is 6.02. The molecule has 0 bridgehead atoms. The molecule has 2 rings (SSSR count). The van der Waals surface area contributed by atoms with Crippen LogP contribution in [0.1, 0.15) is 38.7 Å². The van der Waals surface area contributed by atoms with Crippen molar-refractivity contribution in [3.8, 4) is 5.75 Å². The van der Waals surface area contributed by atoms with Crippen molar-refractivity contribution in [1.82, 2.24) is 0 Å². The highest BCUT2D eigenvalue weighted by molar-refractivity contribution is 5.97. The van der Waals surface area contributed by atoms with E-state index in [-0.39, 0.29) is 5.91 Å². The van der Waals surface area contributed by atoms with Crippen molar-refractivity contribution >= 4 is 11.6 Å². The van der Waals surface area contributed by atoms with Crippen molar-refractivity contribution in [2.45, 2.75) is 39.2 Å². The van der Waals surface area contributed by atoms with Crippen LogP contribution < -0.4 is 15.8 Å². The molecule has 0 radical (unpaired) electrons. The van der Waals surface area contributed by atoms with E-state index in [0.717, 1.165) is 17.9 Å². The maximum absolute atomic E-state index is 11.6. The number of ether oxygens (including phenoxy) is 1. The van der Waals surface area contributed by atoms with Gasteiger partial charge in [0.2, 0.25) is 0 Å². The second-order valence-electron chi connectivity index (χ2n) is 5.43. The predicted octanol–water partition coefficient (Wildman–Crippen LogP) is 2.49. The van der Waals surface area contributed by atoms with Gasteiger partial charge in [-0.15, -0.1) is 0 Å². The van der Waals surface area contributed by atoms with E-state index in [1.165, 1.54) is 5.56 Å². The largest absolute Gasteiger partial charge is 0.479 e. The maximum atomic E-state index is 11.6. The highest BCUT2D eigenvalue weighted by Crippen LogP contribution is 2.35. The Kier molecular flexibility index (Phi) is 4.10. The zero-order chi connectivity index (χ0) is 14.0. The van der Waals surface area contributed by atoms with Crippen LogP contribution in [-0.4, -0.2) is 18.6 Å². The molecule has 0 saturated carbocycles. The van der Waals surface area contributed by atoms with Crippen molar-refractivity contribution in [1.29, 1.82) is 0 Å². The van der Waals surface area contributed by atoms with Crippen LogP contribution in [-0.2, 0) is 4.79 Å². The van der Waals surface area contributed by atoms with Crippen molar-refractivity contribution in [2.24, 2.45) is 11.7 Å². The van der Waals surface area contributed by atoms with E-state index >= 15 is 0 Å². The van der Waals surface area contributed by atoms with Gasteiger partial charge in [0.1, 0.15) is 5.75 Å². The second kappa shape index (κ2) is 5.61. The van der Waals surface area contributed by atoms with Crippen LogP contribution in [0.25, 0.3) is 0 Å². The third-order valence-electron chi connectivity index (χ3n) is 3.65. The summed E-state index contributed by atoms with van der Waals surface area (Å²) >= 11 is 0. The molecule has 3 N–H and O–H groups in total. The molecule has 2 unspecified atom stereocenters. The summed E-state index contributed by atoms with van der Waals surface area (Å²) in [4.78, 5) is 11.6. The van der Waals surface area contributed by atoms with E-state index < -0.39 is 6.10 Å². The summed E-state index contributed by atoms with van der Waals surface area (Å²) in [7, 11) is 0. The molecule has 0 aliphatic carbocycles. The van der Waals surface area contributed by atoms with Gasteiger partial charge in [-0.25, -0.2) is 0 Å². The van der Waals surface area contributed by atoms with Gasteiger partial charge in [-0.3, -0.25) is 4.79 Å². The smallest absolute Gasteiger partial charge is 0.265 e. The zero-order valence-electron chi connectivity index (χ0n) is 11.8. The monoisotopic (exact) mass is 262 g/mol. The molecule has 104 valence electrons. The average molecular weight is 262 g/mol. The Hall–Kier alpha value is -1.55. The SMILES string of the molecule is CC1Oc2ccc(C(CCN)C(C)C)cc2NC1=O. The van der Waals surface area contributed by atoms with E-state index in [4.69, 9.17) is 10.5 Å². The molecule has 4 heteroatoms. The van der Waals surface area contributed by atoms with E-state index in [0.29, 0.717) is 18.4 Å².